The molecule has 1 aromatic carbocycles. The summed E-state index contributed by atoms with van der Waals surface area (Å²) in [5.41, 5.74) is 0.885. The molecule has 0 amide bonds. The average Bonchev–Trinajstić information content (AvgIpc) is 2.73. The number of hydrogen-bond donors (Lipinski definition) is 0. The molecule has 1 aromatic rings. The number of benzene rings is 1. The van der Waals surface area contributed by atoms with Gasteiger partial charge < -0.3 is 0 Å². The summed E-state index contributed by atoms with van der Waals surface area (Å²) in [7, 11) is -8.42. The van der Waals surface area contributed by atoms with Gasteiger partial charge in [-0.05, 0) is 51.2 Å². The molecular formula is C25H42O5S2. The van der Waals surface area contributed by atoms with Gasteiger partial charge >= 0.3 is 10.1 Å². The van der Waals surface area contributed by atoms with Gasteiger partial charge in [-0.3, -0.25) is 0 Å². The van der Waals surface area contributed by atoms with E-state index in [0.29, 0.717) is 6.42 Å². The minimum absolute atomic E-state index is 0.146. The molecule has 5 nitrogen and oxygen atoms in total. The van der Waals surface area contributed by atoms with Crippen LogP contribution in [0.2, 0.25) is 0 Å². The highest BCUT2D eigenvalue weighted by Gasteiger charge is 2.24. The minimum Gasteiger partial charge on any atom is -0.198 e. The highest BCUT2D eigenvalue weighted by Crippen LogP contribution is 2.17. The molecule has 0 saturated heterocycles. The van der Waals surface area contributed by atoms with E-state index in [2.05, 4.69) is 22.7 Å². The summed E-state index contributed by atoms with van der Waals surface area (Å²) in [5, 5.41) is 0. The number of rotatable bonds is 19. The summed E-state index contributed by atoms with van der Waals surface area (Å²) in [6.45, 7) is 4.06. The fraction of sp³-hybridized carbons (Fsp3) is 0.680. The van der Waals surface area contributed by atoms with Crippen LogP contribution in [0.15, 0.2) is 41.3 Å². The molecule has 184 valence electrons. The molecule has 32 heavy (non-hydrogen) atoms. The van der Waals surface area contributed by atoms with Crippen molar-refractivity contribution in [1.82, 2.24) is 0 Å². The smallest absolute Gasteiger partial charge is 0.198 e. The van der Waals surface area contributed by atoms with E-state index in [0.717, 1.165) is 44.1 Å². The number of unbranched alkanes of at least 4 members (excludes halogenated alkanes) is 12. The fourth-order valence-electron chi connectivity index (χ4n) is 3.44. The molecule has 0 bridgehead atoms. The zero-order chi connectivity index (χ0) is 23.7. The number of allylic oxidation sites excluding steroid dienone is 2. The quantitative estimate of drug-likeness (QED) is 0.154. The van der Waals surface area contributed by atoms with Gasteiger partial charge in [0, 0.05) is 0 Å². The Bertz CT molecular complexity index is 841. The van der Waals surface area contributed by atoms with Crippen LogP contribution < -0.4 is 0 Å². The first-order valence-electron chi connectivity index (χ1n) is 12.2. The second-order valence-electron chi connectivity index (χ2n) is 8.53. The first-order chi connectivity index (χ1) is 15.3. The van der Waals surface area contributed by atoms with Crippen molar-refractivity contribution in [3.63, 3.8) is 0 Å². The number of hydrogen-bond acceptors (Lipinski definition) is 5. The van der Waals surface area contributed by atoms with E-state index < -0.39 is 20.2 Å². The van der Waals surface area contributed by atoms with Crippen LogP contribution in [0.25, 0.3) is 0 Å². The highest BCUT2D eigenvalue weighted by molar-refractivity contribution is 7.99. The molecule has 0 unspecified atom stereocenters. The summed E-state index contributed by atoms with van der Waals surface area (Å²) in [4.78, 5) is -0.146. The molecular weight excluding hydrogens is 444 g/mol. The molecule has 0 aromatic heterocycles. The zero-order valence-corrected chi connectivity index (χ0v) is 21.6. The first kappa shape index (κ1) is 28.9. The third-order valence-corrected chi connectivity index (χ3v) is 8.59. The van der Waals surface area contributed by atoms with E-state index in [-0.39, 0.29) is 10.6 Å². The van der Waals surface area contributed by atoms with Crippen LogP contribution in [-0.4, -0.2) is 22.6 Å². The molecule has 0 aliphatic rings. The molecule has 0 radical (unpaired) electrons. The Morgan fingerprint density at radius 2 is 1.16 bits per heavy atom. The zero-order valence-electron chi connectivity index (χ0n) is 19.9. The second-order valence-corrected chi connectivity index (χ2v) is 12.0. The van der Waals surface area contributed by atoms with Crippen molar-refractivity contribution in [1.29, 1.82) is 0 Å². The van der Waals surface area contributed by atoms with Gasteiger partial charge in [0.1, 0.15) is 0 Å². The molecule has 0 aliphatic carbocycles. The Balaban J connectivity index is 2.06. The number of aryl methyl sites for hydroxylation is 1. The van der Waals surface area contributed by atoms with E-state index >= 15 is 0 Å². The van der Waals surface area contributed by atoms with Crippen LogP contribution in [0.5, 0.6) is 0 Å². The van der Waals surface area contributed by atoms with Crippen molar-refractivity contribution in [3.8, 4) is 0 Å². The molecule has 0 spiro atoms. The Morgan fingerprint density at radius 1 is 0.688 bits per heavy atom. The van der Waals surface area contributed by atoms with Gasteiger partial charge in [-0.25, -0.2) is 0 Å². The highest BCUT2D eigenvalue weighted by atomic mass is 32.3. The van der Waals surface area contributed by atoms with Crippen LogP contribution in [0, 0.1) is 6.92 Å². The monoisotopic (exact) mass is 486 g/mol. The van der Waals surface area contributed by atoms with Crippen LogP contribution in [-0.2, 0) is 23.9 Å². The van der Waals surface area contributed by atoms with Crippen molar-refractivity contribution in [2.24, 2.45) is 0 Å². The predicted molar refractivity (Wildman–Crippen MR) is 133 cm³/mol. The lowest BCUT2D eigenvalue weighted by atomic mass is 10.1. The van der Waals surface area contributed by atoms with E-state index in [1.54, 1.807) is 12.1 Å². The maximum absolute atomic E-state index is 12.1. The van der Waals surface area contributed by atoms with Crippen molar-refractivity contribution in [3.05, 3.63) is 42.0 Å². The molecule has 1 rings (SSSR count). The van der Waals surface area contributed by atoms with E-state index in [4.69, 9.17) is 0 Å². The third kappa shape index (κ3) is 14.1. The summed E-state index contributed by atoms with van der Waals surface area (Å²) in [6, 6.07) is 5.91. The SMILES string of the molecule is CCCCCCCC/C=C\CCCCCCCCS(=O)(=O)OS(=O)(=O)c1ccc(C)cc1. The van der Waals surface area contributed by atoms with Gasteiger partial charge in [-0.15, -0.1) is 3.63 Å². The third-order valence-electron chi connectivity index (χ3n) is 5.41. The van der Waals surface area contributed by atoms with Crippen molar-refractivity contribution in [2.45, 2.75) is 109 Å². The molecule has 0 N–H and O–H groups in total. The average molecular weight is 487 g/mol. The normalized spacial score (nSPS) is 12.6. The molecule has 0 heterocycles. The van der Waals surface area contributed by atoms with Gasteiger partial charge in [0.25, 0.3) is 10.1 Å². The van der Waals surface area contributed by atoms with Gasteiger partial charge in [0.05, 0.1) is 10.6 Å². The Labute approximate surface area is 196 Å². The van der Waals surface area contributed by atoms with Crippen LogP contribution >= 0.6 is 0 Å². The molecule has 0 fully saturated rings. The Kier molecular flexibility index (Phi) is 14.8. The summed E-state index contributed by atoms with van der Waals surface area (Å²) < 4.78 is 52.8. The standard InChI is InChI=1S/C25H42O5S2/c1-3-4-5-6-7-8-9-10-11-12-13-14-15-16-17-18-23-31(26,27)30-32(28,29)25-21-19-24(2)20-22-25/h10-11,19-22H,3-9,12-18,23H2,1-2H3/b11-10-. The molecule has 0 aliphatic heterocycles. The first-order valence-corrected chi connectivity index (χ1v) is 15.2. The van der Waals surface area contributed by atoms with Crippen molar-refractivity contribution in [2.75, 3.05) is 5.75 Å². The Hall–Kier alpha value is -1.18. The van der Waals surface area contributed by atoms with Crippen LogP contribution in [0.4, 0.5) is 0 Å². The van der Waals surface area contributed by atoms with Crippen LogP contribution in [0.1, 0.15) is 102 Å². The van der Waals surface area contributed by atoms with Gasteiger partial charge in [-0.1, -0.05) is 94.6 Å². The summed E-state index contributed by atoms with van der Waals surface area (Å²) in [6.07, 6.45) is 20.3. The van der Waals surface area contributed by atoms with Crippen molar-refractivity contribution < 1.29 is 20.5 Å². The fourth-order valence-corrected chi connectivity index (χ4v) is 6.15. The molecule has 0 atom stereocenters. The maximum atomic E-state index is 12.1. The minimum atomic E-state index is -4.30. The van der Waals surface area contributed by atoms with E-state index in [1.165, 1.54) is 57.1 Å². The lowest BCUT2D eigenvalue weighted by Crippen LogP contribution is -2.17. The van der Waals surface area contributed by atoms with E-state index in [1.807, 2.05) is 6.92 Å². The van der Waals surface area contributed by atoms with E-state index in [9.17, 15) is 16.8 Å². The predicted octanol–water partition coefficient (Wildman–Crippen LogP) is 7.07. The van der Waals surface area contributed by atoms with Crippen LogP contribution in [0.3, 0.4) is 0 Å². The lowest BCUT2D eigenvalue weighted by molar-refractivity contribution is 0.459. The maximum Gasteiger partial charge on any atom is 0.311 e. The molecule has 0 saturated carbocycles. The van der Waals surface area contributed by atoms with Gasteiger partial charge in [-0.2, -0.15) is 16.8 Å². The topological polar surface area (TPSA) is 77.5 Å². The molecule has 7 heteroatoms. The van der Waals surface area contributed by atoms with Crippen molar-refractivity contribution >= 4 is 20.2 Å². The largest absolute Gasteiger partial charge is 0.311 e. The Morgan fingerprint density at radius 3 is 1.69 bits per heavy atom. The van der Waals surface area contributed by atoms with Gasteiger partial charge in [0.2, 0.25) is 0 Å². The second kappa shape index (κ2) is 16.4. The van der Waals surface area contributed by atoms with Gasteiger partial charge in [0.15, 0.2) is 0 Å². The lowest BCUT2D eigenvalue weighted by Gasteiger charge is -2.07. The summed E-state index contributed by atoms with van der Waals surface area (Å²) in [5.74, 6) is -0.278. The summed E-state index contributed by atoms with van der Waals surface area (Å²) >= 11 is 0.